The molecular formula is C26H25F4NO3. The van der Waals surface area contributed by atoms with E-state index in [1.807, 2.05) is 12.1 Å². The molecule has 2 aromatic carbocycles. The summed E-state index contributed by atoms with van der Waals surface area (Å²) >= 11 is 0. The maximum Gasteiger partial charge on any atom is 0.416 e. The number of aryl methyl sites for hydroxylation is 1. The first-order valence-electron chi connectivity index (χ1n) is 11.0. The zero-order valence-corrected chi connectivity index (χ0v) is 18.4. The molecule has 3 aromatic rings. The molecule has 0 saturated carbocycles. The van der Waals surface area contributed by atoms with Gasteiger partial charge in [-0.25, -0.2) is 9.18 Å². The number of halogens is 4. The van der Waals surface area contributed by atoms with Gasteiger partial charge in [-0.05, 0) is 61.2 Å². The highest BCUT2D eigenvalue weighted by atomic mass is 19.4. The lowest BCUT2D eigenvalue weighted by Gasteiger charge is -2.08. The van der Waals surface area contributed by atoms with Gasteiger partial charge in [0, 0.05) is 11.8 Å². The molecule has 1 aromatic heterocycles. The highest BCUT2D eigenvalue weighted by molar-refractivity contribution is 5.87. The smallest absolute Gasteiger partial charge is 0.416 e. The van der Waals surface area contributed by atoms with Crippen molar-refractivity contribution in [2.45, 2.75) is 44.7 Å². The molecule has 0 bridgehead atoms. The fourth-order valence-corrected chi connectivity index (χ4v) is 3.47. The standard InChI is InChI=1S/C26H25F4NO3/c27-22-16-20(25(32)33)10-14-24(22)34-15-5-3-1-2-4-6-18-7-13-23(31-17-18)19-8-11-21(12-9-19)26(28,29)30/h7-14,16-17H,1-6,15H2,(H,32,33). The van der Waals surface area contributed by atoms with Crippen LogP contribution in [0.3, 0.4) is 0 Å². The Balaban J connectivity index is 1.32. The van der Waals surface area contributed by atoms with Crippen molar-refractivity contribution < 1.29 is 32.2 Å². The summed E-state index contributed by atoms with van der Waals surface area (Å²) in [6, 6.07) is 12.3. The molecule has 0 aliphatic rings. The van der Waals surface area contributed by atoms with Crippen molar-refractivity contribution in [2.75, 3.05) is 6.61 Å². The van der Waals surface area contributed by atoms with Crippen LogP contribution in [0.25, 0.3) is 11.3 Å². The summed E-state index contributed by atoms with van der Waals surface area (Å²) in [5.41, 5.74) is 1.54. The molecule has 0 unspecified atom stereocenters. The van der Waals surface area contributed by atoms with Crippen molar-refractivity contribution >= 4 is 5.97 Å². The average molecular weight is 475 g/mol. The molecule has 0 aliphatic carbocycles. The minimum Gasteiger partial charge on any atom is -0.491 e. The average Bonchev–Trinajstić information content (AvgIpc) is 2.81. The molecule has 0 fully saturated rings. The third kappa shape index (κ3) is 7.30. The van der Waals surface area contributed by atoms with Crippen molar-refractivity contribution in [3.8, 4) is 17.0 Å². The van der Waals surface area contributed by atoms with Gasteiger partial charge in [-0.1, -0.05) is 37.5 Å². The Morgan fingerprint density at radius 2 is 1.62 bits per heavy atom. The third-order valence-corrected chi connectivity index (χ3v) is 5.38. The van der Waals surface area contributed by atoms with E-state index in [0.29, 0.717) is 17.9 Å². The van der Waals surface area contributed by atoms with E-state index in [1.165, 1.54) is 24.3 Å². The van der Waals surface area contributed by atoms with E-state index in [1.54, 1.807) is 6.20 Å². The first-order chi connectivity index (χ1) is 16.2. The second kappa shape index (κ2) is 11.6. The number of ether oxygens (including phenoxy) is 1. The zero-order chi connectivity index (χ0) is 24.6. The molecule has 1 N–H and O–H groups in total. The molecule has 3 rings (SSSR count). The number of unbranched alkanes of at least 4 members (excludes halogenated alkanes) is 4. The first-order valence-corrected chi connectivity index (χ1v) is 11.0. The van der Waals surface area contributed by atoms with Gasteiger partial charge in [-0.3, -0.25) is 4.98 Å². The van der Waals surface area contributed by atoms with Crippen LogP contribution in [0.1, 0.15) is 53.6 Å². The number of carbonyl (C=O) groups is 1. The number of carboxylic acid groups (broad SMARTS) is 1. The van der Waals surface area contributed by atoms with Gasteiger partial charge in [0.05, 0.1) is 23.4 Å². The molecule has 0 atom stereocenters. The summed E-state index contributed by atoms with van der Waals surface area (Å²) in [5, 5.41) is 8.84. The molecule has 4 nitrogen and oxygen atoms in total. The molecule has 0 aliphatic heterocycles. The quantitative estimate of drug-likeness (QED) is 0.236. The molecule has 0 spiro atoms. The summed E-state index contributed by atoms with van der Waals surface area (Å²) in [6.45, 7) is 0.360. The highest BCUT2D eigenvalue weighted by Gasteiger charge is 2.30. The Morgan fingerprint density at radius 1 is 0.912 bits per heavy atom. The van der Waals surface area contributed by atoms with E-state index >= 15 is 0 Å². The van der Waals surface area contributed by atoms with Gasteiger partial charge in [0.2, 0.25) is 0 Å². The number of nitrogens with zero attached hydrogens (tertiary/aromatic N) is 1. The molecule has 8 heteroatoms. The maximum absolute atomic E-state index is 13.8. The van der Waals surface area contributed by atoms with E-state index in [2.05, 4.69) is 4.98 Å². The number of carboxylic acids is 1. The number of rotatable bonds is 11. The van der Waals surface area contributed by atoms with Gasteiger partial charge in [-0.15, -0.1) is 0 Å². The number of hydrogen-bond acceptors (Lipinski definition) is 3. The minimum atomic E-state index is -4.35. The number of hydrogen-bond donors (Lipinski definition) is 1. The number of benzene rings is 2. The van der Waals surface area contributed by atoms with Crippen molar-refractivity contribution in [2.24, 2.45) is 0 Å². The predicted octanol–water partition coefficient (Wildman–Crippen LogP) is 7.18. The molecule has 34 heavy (non-hydrogen) atoms. The molecule has 0 saturated heterocycles. The largest absolute Gasteiger partial charge is 0.491 e. The van der Waals surface area contributed by atoms with Crippen LogP contribution in [-0.2, 0) is 12.6 Å². The van der Waals surface area contributed by atoms with Crippen molar-refractivity contribution in [1.29, 1.82) is 0 Å². The lowest BCUT2D eigenvalue weighted by molar-refractivity contribution is -0.137. The van der Waals surface area contributed by atoms with Crippen LogP contribution < -0.4 is 4.74 Å². The number of alkyl halides is 3. The van der Waals surface area contributed by atoms with Crippen LogP contribution >= 0.6 is 0 Å². The van der Waals surface area contributed by atoms with Crippen LogP contribution in [0, 0.1) is 5.82 Å². The molecule has 0 amide bonds. The third-order valence-electron chi connectivity index (χ3n) is 5.38. The maximum atomic E-state index is 13.8. The Labute approximate surface area is 195 Å². The van der Waals surface area contributed by atoms with E-state index in [4.69, 9.17) is 9.84 Å². The Kier molecular flexibility index (Phi) is 8.62. The Hall–Kier alpha value is -3.42. The Bertz CT molecular complexity index is 1080. The molecule has 180 valence electrons. The minimum absolute atomic E-state index is 0.0530. The zero-order valence-electron chi connectivity index (χ0n) is 18.4. The normalized spacial score (nSPS) is 11.4. The van der Waals surface area contributed by atoms with Crippen molar-refractivity contribution in [3.05, 3.63) is 83.3 Å². The van der Waals surface area contributed by atoms with Gasteiger partial charge in [0.1, 0.15) is 0 Å². The molecule has 0 radical (unpaired) electrons. The second-order valence-electron chi connectivity index (χ2n) is 7.94. The monoisotopic (exact) mass is 475 g/mol. The second-order valence-corrected chi connectivity index (χ2v) is 7.94. The van der Waals surface area contributed by atoms with Gasteiger partial charge < -0.3 is 9.84 Å². The fourth-order valence-electron chi connectivity index (χ4n) is 3.47. The fraction of sp³-hybridized carbons (Fsp3) is 0.308. The van der Waals surface area contributed by atoms with Crippen molar-refractivity contribution in [1.82, 2.24) is 4.98 Å². The van der Waals surface area contributed by atoms with Crippen LogP contribution in [0.4, 0.5) is 17.6 Å². The van der Waals surface area contributed by atoms with Gasteiger partial charge >= 0.3 is 12.1 Å². The SMILES string of the molecule is O=C(O)c1ccc(OCCCCCCCc2ccc(-c3ccc(C(F)(F)F)cc3)nc2)c(F)c1. The predicted molar refractivity (Wildman–Crippen MR) is 120 cm³/mol. The Morgan fingerprint density at radius 3 is 2.24 bits per heavy atom. The van der Waals surface area contributed by atoms with Gasteiger partial charge in [-0.2, -0.15) is 13.2 Å². The van der Waals surface area contributed by atoms with E-state index in [0.717, 1.165) is 62.3 Å². The molecular weight excluding hydrogens is 450 g/mol. The first kappa shape index (κ1) is 25.2. The summed E-state index contributed by atoms with van der Waals surface area (Å²) in [7, 11) is 0. The topological polar surface area (TPSA) is 59.4 Å². The van der Waals surface area contributed by atoms with Crippen molar-refractivity contribution in [3.63, 3.8) is 0 Å². The lowest BCUT2D eigenvalue weighted by atomic mass is 10.0. The number of aromatic nitrogens is 1. The van der Waals surface area contributed by atoms with E-state index < -0.39 is 23.5 Å². The summed E-state index contributed by atoms with van der Waals surface area (Å²) in [5.74, 6) is -1.81. The summed E-state index contributed by atoms with van der Waals surface area (Å²) in [6.07, 6.45) is 2.96. The van der Waals surface area contributed by atoms with E-state index in [9.17, 15) is 22.4 Å². The highest BCUT2D eigenvalue weighted by Crippen LogP contribution is 2.30. The summed E-state index contributed by atoms with van der Waals surface area (Å²) in [4.78, 5) is 15.2. The number of pyridine rings is 1. The number of aromatic carboxylic acids is 1. The van der Waals surface area contributed by atoms with Crippen LogP contribution in [0.5, 0.6) is 5.75 Å². The van der Waals surface area contributed by atoms with E-state index in [-0.39, 0.29) is 11.3 Å². The molecule has 1 heterocycles. The van der Waals surface area contributed by atoms with Crippen LogP contribution in [-0.4, -0.2) is 22.7 Å². The van der Waals surface area contributed by atoms with Crippen LogP contribution in [0.15, 0.2) is 60.8 Å². The van der Waals surface area contributed by atoms with Gasteiger partial charge in [0.15, 0.2) is 11.6 Å². The van der Waals surface area contributed by atoms with Gasteiger partial charge in [0.25, 0.3) is 0 Å². The summed E-state index contributed by atoms with van der Waals surface area (Å²) < 4.78 is 57.2. The van der Waals surface area contributed by atoms with Crippen LogP contribution in [0.2, 0.25) is 0 Å². The lowest BCUT2D eigenvalue weighted by Crippen LogP contribution is -2.04.